The minimum absolute atomic E-state index is 0.249. The lowest BCUT2D eigenvalue weighted by atomic mass is 10.1. The molecule has 0 fully saturated rings. The number of hydrogen-bond acceptors (Lipinski definition) is 2. The van der Waals surface area contributed by atoms with Crippen molar-refractivity contribution in [1.29, 1.82) is 0 Å². The molecule has 1 unspecified atom stereocenters. The number of halogens is 1. The highest BCUT2D eigenvalue weighted by molar-refractivity contribution is 7.89. The summed E-state index contributed by atoms with van der Waals surface area (Å²) in [6.45, 7) is 3.69. The Labute approximate surface area is 124 Å². The van der Waals surface area contributed by atoms with Gasteiger partial charge in [-0.3, -0.25) is 0 Å². The Morgan fingerprint density at radius 2 is 1.62 bits per heavy atom. The van der Waals surface area contributed by atoms with Gasteiger partial charge in [0.2, 0.25) is 10.0 Å². The van der Waals surface area contributed by atoms with E-state index in [0.717, 1.165) is 11.1 Å². The summed E-state index contributed by atoms with van der Waals surface area (Å²) in [7, 11) is -3.53. The van der Waals surface area contributed by atoms with Crippen molar-refractivity contribution in [2.24, 2.45) is 0 Å². The molecule has 0 aliphatic carbocycles. The first-order valence-electron chi connectivity index (χ1n) is 6.70. The Morgan fingerprint density at radius 1 is 1.05 bits per heavy atom. The summed E-state index contributed by atoms with van der Waals surface area (Å²) < 4.78 is 39.9. The minimum Gasteiger partial charge on any atom is -0.208 e. The molecule has 0 aliphatic heterocycles. The summed E-state index contributed by atoms with van der Waals surface area (Å²) in [4.78, 5) is 0.249. The van der Waals surface area contributed by atoms with Crippen LogP contribution in [0.1, 0.15) is 18.1 Å². The van der Waals surface area contributed by atoms with Gasteiger partial charge in [0.15, 0.2) is 0 Å². The van der Waals surface area contributed by atoms with Gasteiger partial charge in [0.05, 0.1) is 4.90 Å². The van der Waals surface area contributed by atoms with Crippen molar-refractivity contribution in [3.05, 3.63) is 65.5 Å². The molecule has 2 rings (SSSR count). The van der Waals surface area contributed by atoms with Gasteiger partial charge in [0, 0.05) is 6.04 Å². The molecule has 0 amide bonds. The fourth-order valence-electron chi connectivity index (χ4n) is 2.07. The molecule has 2 aromatic rings. The SMILES string of the molecule is Cc1ccc(S(=O)(=O)NC(C)Cc2ccc(F)cc2)cc1. The first kappa shape index (κ1) is 15.7. The molecule has 0 radical (unpaired) electrons. The van der Waals surface area contributed by atoms with Crippen molar-refractivity contribution in [2.75, 3.05) is 0 Å². The lowest BCUT2D eigenvalue weighted by Gasteiger charge is -2.14. The van der Waals surface area contributed by atoms with Crippen LogP contribution < -0.4 is 4.72 Å². The van der Waals surface area contributed by atoms with E-state index in [0.29, 0.717) is 6.42 Å². The van der Waals surface area contributed by atoms with Gasteiger partial charge in [-0.25, -0.2) is 17.5 Å². The van der Waals surface area contributed by atoms with Gasteiger partial charge in [0.25, 0.3) is 0 Å². The van der Waals surface area contributed by atoms with E-state index in [1.807, 2.05) is 6.92 Å². The number of benzene rings is 2. The third kappa shape index (κ3) is 4.37. The van der Waals surface area contributed by atoms with E-state index in [1.54, 1.807) is 43.3 Å². The maximum absolute atomic E-state index is 12.8. The van der Waals surface area contributed by atoms with E-state index in [9.17, 15) is 12.8 Å². The molecule has 1 atom stereocenters. The number of nitrogens with one attached hydrogen (secondary N) is 1. The molecule has 2 aromatic carbocycles. The average molecular weight is 307 g/mol. The smallest absolute Gasteiger partial charge is 0.208 e. The fraction of sp³-hybridized carbons (Fsp3) is 0.250. The van der Waals surface area contributed by atoms with Crippen molar-refractivity contribution >= 4 is 10.0 Å². The van der Waals surface area contributed by atoms with Gasteiger partial charge >= 0.3 is 0 Å². The highest BCUT2D eigenvalue weighted by Crippen LogP contribution is 2.12. The molecule has 5 heteroatoms. The molecule has 0 saturated carbocycles. The van der Waals surface area contributed by atoms with Crippen LogP contribution in [0.25, 0.3) is 0 Å². The molecular weight excluding hydrogens is 289 g/mol. The van der Waals surface area contributed by atoms with E-state index in [-0.39, 0.29) is 16.8 Å². The molecule has 0 spiro atoms. The molecule has 0 bridgehead atoms. The summed E-state index contributed by atoms with van der Waals surface area (Å²) in [6, 6.07) is 12.5. The molecule has 0 aliphatic rings. The summed E-state index contributed by atoms with van der Waals surface area (Å²) in [5, 5.41) is 0. The topological polar surface area (TPSA) is 46.2 Å². The third-order valence-electron chi connectivity index (χ3n) is 3.14. The maximum atomic E-state index is 12.8. The highest BCUT2D eigenvalue weighted by atomic mass is 32.2. The van der Waals surface area contributed by atoms with Crippen LogP contribution in [0, 0.1) is 12.7 Å². The van der Waals surface area contributed by atoms with E-state index in [2.05, 4.69) is 4.72 Å². The zero-order chi connectivity index (χ0) is 15.5. The van der Waals surface area contributed by atoms with Crippen LogP contribution in [0.2, 0.25) is 0 Å². The number of sulfonamides is 1. The second kappa shape index (κ2) is 6.37. The van der Waals surface area contributed by atoms with E-state index >= 15 is 0 Å². The minimum atomic E-state index is -3.53. The van der Waals surface area contributed by atoms with Crippen molar-refractivity contribution in [3.8, 4) is 0 Å². The van der Waals surface area contributed by atoms with Gasteiger partial charge in [-0.2, -0.15) is 0 Å². The largest absolute Gasteiger partial charge is 0.240 e. The predicted molar refractivity (Wildman–Crippen MR) is 81.1 cm³/mol. The van der Waals surface area contributed by atoms with Crippen molar-refractivity contribution in [1.82, 2.24) is 4.72 Å². The molecule has 3 nitrogen and oxygen atoms in total. The first-order valence-corrected chi connectivity index (χ1v) is 8.18. The molecule has 0 aromatic heterocycles. The molecular formula is C16H18FNO2S. The van der Waals surface area contributed by atoms with Crippen molar-refractivity contribution < 1.29 is 12.8 Å². The van der Waals surface area contributed by atoms with Gasteiger partial charge < -0.3 is 0 Å². The second-order valence-electron chi connectivity index (χ2n) is 5.17. The van der Waals surface area contributed by atoms with Crippen LogP contribution in [0.3, 0.4) is 0 Å². The van der Waals surface area contributed by atoms with E-state index < -0.39 is 10.0 Å². The molecule has 0 saturated heterocycles. The van der Waals surface area contributed by atoms with Gasteiger partial charge in [-0.15, -0.1) is 0 Å². The predicted octanol–water partition coefficient (Wildman–Crippen LogP) is 3.04. The van der Waals surface area contributed by atoms with Crippen LogP contribution in [0.5, 0.6) is 0 Å². The van der Waals surface area contributed by atoms with Crippen molar-refractivity contribution in [2.45, 2.75) is 31.2 Å². The van der Waals surface area contributed by atoms with Gasteiger partial charge in [0.1, 0.15) is 5.82 Å². The Hall–Kier alpha value is -1.72. The van der Waals surface area contributed by atoms with E-state index in [4.69, 9.17) is 0 Å². The Bertz CT molecular complexity index is 694. The summed E-state index contributed by atoms with van der Waals surface area (Å²) in [5.74, 6) is -0.299. The lowest BCUT2D eigenvalue weighted by Crippen LogP contribution is -2.34. The molecule has 1 N–H and O–H groups in total. The quantitative estimate of drug-likeness (QED) is 0.923. The van der Waals surface area contributed by atoms with E-state index in [1.165, 1.54) is 12.1 Å². The maximum Gasteiger partial charge on any atom is 0.240 e. The van der Waals surface area contributed by atoms with Gasteiger partial charge in [-0.05, 0) is 50.1 Å². The summed E-state index contributed by atoms with van der Waals surface area (Å²) in [5.41, 5.74) is 1.89. The normalized spacial score (nSPS) is 13.1. The van der Waals surface area contributed by atoms with Crippen LogP contribution in [0.4, 0.5) is 4.39 Å². The number of hydrogen-bond donors (Lipinski definition) is 1. The Kier molecular flexibility index (Phi) is 4.75. The van der Waals surface area contributed by atoms with Crippen LogP contribution in [-0.4, -0.2) is 14.5 Å². The van der Waals surface area contributed by atoms with Gasteiger partial charge in [-0.1, -0.05) is 29.8 Å². The Balaban J connectivity index is 2.05. The molecule has 0 heterocycles. The van der Waals surface area contributed by atoms with Crippen LogP contribution >= 0.6 is 0 Å². The molecule has 21 heavy (non-hydrogen) atoms. The van der Waals surface area contributed by atoms with Crippen LogP contribution in [0.15, 0.2) is 53.4 Å². The highest BCUT2D eigenvalue weighted by Gasteiger charge is 2.17. The summed E-state index contributed by atoms with van der Waals surface area (Å²) >= 11 is 0. The standard InChI is InChI=1S/C16H18FNO2S/c1-12-3-9-16(10-4-12)21(19,20)18-13(2)11-14-5-7-15(17)8-6-14/h3-10,13,18H,11H2,1-2H3. The first-order chi connectivity index (χ1) is 9.87. The monoisotopic (exact) mass is 307 g/mol. The van der Waals surface area contributed by atoms with Crippen LogP contribution in [-0.2, 0) is 16.4 Å². The zero-order valence-electron chi connectivity index (χ0n) is 12.0. The Morgan fingerprint density at radius 3 is 2.19 bits per heavy atom. The number of aryl methyl sites for hydroxylation is 1. The lowest BCUT2D eigenvalue weighted by molar-refractivity contribution is 0.559. The average Bonchev–Trinajstić information content (AvgIpc) is 2.41. The number of rotatable bonds is 5. The zero-order valence-corrected chi connectivity index (χ0v) is 12.8. The van der Waals surface area contributed by atoms with Crippen molar-refractivity contribution in [3.63, 3.8) is 0 Å². The summed E-state index contributed by atoms with van der Waals surface area (Å²) in [6.07, 6.45) is 0.505. The molecule has 112 valence electrons. The fourth-order valence-corrected chi connectivity index (χ4v) is 3.31. The second-order valence-corrected chi connectivity index (χ2v) is 6.88. The third-order valence-corrected chi connectivity index (χ3v) is 4.75.